The molecule has 0 radical (unpaired) electrons. The Bertz CT molecular complexity index is 974. The maximum atomic E-state index is 14.8. The van der Waals surface area contributed by atoms with Crippen molar-refractivity contribution in [1.29, 1.82) is 0 Å². The second-order valence-electron chi connectivity index (χ2n) is 8.48. The fourth-order valence-corrected chi connectivity index (χ4v) is 4.16. The number of nitrogens with zero attached hydrogens (tertiary/aromatic N) is 1. The number of anilines is 3. The first-order valence-electron chi connectivity index (χ1n) is 11.6. The minimum Gasteiger partial charge on any atom is -0.493 e. The summed E-state index contributed by atoms with van der Waals surface area (Å²) in [6, 6.07) is 10.4. The van der Waals surface area contributed by atoms with Crippen LogP contribution in [0.25, 0.3) is 0 Å². The summed E-state index contributed by atoms with van der Waals surface area (Å²) in [6.45, 7) is 3.24. The van der Waals surface area contributed by atoms with Gasteiger partial charge in [-0.15, -0.1) is 0 Å². The van der Waals surface area contributed by atoms with E-state index in [0.29, 0.717) is 41.8 Å². The van der Waals surface area contributed by atoms with E-state index in [-0.39, 0.29) is 18.3 Å². The van der Waals surface area contributed by atoms with Crippen LogP contribution >= 0.6 is 0 Å². The van der Waals surface area contributed by atoms with Gasteiger partial charge in [-0.25, -0.2) is 9.38 Å². The summed E-state index contributed by atoms with van der Waals surface area (Å²) in [5, 5.41) is 9.06. The van der Waals surface area contributed by atoms with Crippen LogP contribution in [-0.2, 0) is 9.53 Å². The third-order valence-electron chi connectivity index (χ3n) is 5.83. The Morgan fingerprint density at radius 3 is 2.70 bits per heavy atom. The molecule has 1 amide bonds. The number of nitrogens with one attached hydrogen (secondary N) is 3. The highest BCUT2D eigenvalue weighted by Crippen LogP contribution is 2.35. The van der Waals surface area contributed by atoms with E-state index in [9.17, 15) is 9.18 Å². The average Bonchev–Trinajstić information content (AvgIpc) is 3.32. The highest BCUT2D eigenvalue weighted by molar-refractivity contribution is 5.91. The first-order chi connectivity index (χ1) is 16.1. The Morgan fingerprint density at radius 1 is 1.18 bits per heavy atom. The Balaban J connectivity index is 1.32. The van der Waals surface area contributed by atoms with E-state index >= 15 is 0 Å². The quantitative estimate of drug-likeness (QED) is 0.452. The van der Waals surface area contributed by atoms with Gasteiger partial charge in [0.2, 0.25) is 5.91 Å². The van der Waals surface area contributed by atoms with Crippen LogP contribution in [0.4, 0.5) is 21.5 Å². The molecule has 176 valence electrons. The lowest BCUT2D eigenvalue weighted by atomic mass is 10.1. The van der Waals surface area contributed by atoms with Gasteiger partial charge in [-0.05, 0) is 49.4 Å². The van der Waals surface area contributed by atoms with Gasteiger partial charge in [0.15, 0.2) is 6.17 Å². The number of carbonyl (C=O) groups excluding carboxylic acids is 1. The Morgan fingerprint density at radius 2 is 1.94 bits per heavy atom. The first kappa shape index (κ1) is 23.0. The molecule has 0 bridgehead atoms. The van der Waals surface area contributed by atoms with E-state index in [2.05, 4.69) is 20.9 Å². The van der Waals surface area contributed by atoms with Crippen LogP contribution in [0.15, 0.2) is 41.4 Å². The molecule has 2 aromatic rings. The Labute approximate surface area is 193 Å². The number of amides is 1. The fourth-order valence-electron chi connectivity index (χ4n) is 4.16. The zero-order chi connectivity index (χ0) is 23.0. The summed E-state index contributed by atoms with van der Waals surface area (Å²) < 4.78 is 25.9. The molecule has 0 aromatic heterocycles. The smallest absolute Gasteiger partial charge is 0.250 e. The van der Waals surface area contributed by atoms with E-state index in [1.165, 1.54) is 31.7 Å². The molecule has 8 heteroatoms. The molecule has 1 fully saturated rings. The summed E-state index contributed by atoms with van der Waals surface area (Å²) in [7, 11) is 0. The molecule has 2 aromatic carbocycles. The number of benzene rings is 2. The van der Waals surface area contributed by atoms with Crippen LogP contribution in [0.5, 0.6) is 5.75 Å². The summed E-state index contributed by atoms with van der Waals surface area (Å²) in [6.07, 6.45) is 6.72. The number of aliphatic imine (C=N–C) groups is 1. The lowest BCUT2D eigenvalue weighted by Gasteiger charge is -2.24. The van der Waals surface area contributed by atoms with Gasteiger partial charge in [0.25, 0.3) is 0 Å². The number of carbonyl (C=O) groups is 1. The van der Waals surface area contributed by atoms with Crippen LogP contribution in [-0.4, -0.2) is 32.1 Å². The zero-order valence-corrected chi connectivity index (χ0v) is 18.9. The SMILES string of the molecule is CCCOc1cc(F)c2c(c1)NC=NC2Nc1ccc(NC(=O)COCC2CCCC2)cc1. The minimum absolute atomic E-state index is 0.0559. The molecule has 0 saturated heterocycles. The average molecular weight is 455 g/mol. The number of halogens is 1. The molecule has 1 aliphatic heterocycles. The third-order valence-corrected chi connectivity index (χ3v) is 5.83. The van der Waals surface area contributed by atoms with Crippen LogP contribution in [0.2, 0.25) is 0 Å². The van der Waals surface area contributed by atoms with Crippen molar-refractivity contribution < 1.29 is 18.7 Å². The predicted molar refractivity (Wildman–Crippen MR) is 129 cm³/mol. The highest BCUT2D eigenvalue weighted by atomic mass is 19.1. The fraction of sp³-hybridized carbons (Fsp3) is 0.440. The topological polar surface area (TPSA) is 84.0 Å². The molecule has 7 nitrogen and oxygen atoms in total. The van der Waals surface area contributed by atoms with E-state index < -0.39 is 6.17 Å². The largest absolute Gasteiger partial charge is 0.493 e. The van der Waals surface area contributed by atoms with Gasteiger partial charge in [0.1, 0.15) is 18.2 Å². The van der Waals surface area contributed by atoms with Gasteiger partial charge in [-0.3, -0.25) is 4.79 Å². The number of ether oxygens (including phenoxy) is 2. The molecule has 2 aliphatic rings. The molecule has 1 saturated carbocycles. The van der Waals surface area contributed by atoms with Crippen molar-refractivity contribution in [3.63, 3.8) is 0 Å². The minimum atomic E-state index is -0.578. The summed E-state index contributed by atoms with van der Waals surface area (Å²) in [4.78, 5) is 16.5. The van der Waals surface area contributed by atoms with Crippen molar-refractivity contribution in [2.45, 2.75) is 45.2 Å². The van der Waals surface area contributed by atoms with Crippen LogP contribution in [0.1, 0.15) is 50.8 Å². The number of fused-ring (bicyclic) bond motifs is 1. The normalized spacial score (nSPS) is 17.3. The predicted octanol–water partition coefficient (Wildman–Crippen LogP) is 5.32. The highest BCUT2D eigenvalue weighted by Gasteiger charge is 2.23. The second kappa shape index (κ2) is 11.1. The Kier molecular flexibility index (Phi) is 7.78. The zero-order valence-electron chi connectivity index (χ0n) is 18.9. The number of rotatable bonds is 10. The van der Waals surface area contributed by atoms with Gasteiger partial charge in [0.05, 0.1) is 30.8 Å². The van der Waals surface area contributed by atoms with E-state index in [1.807, 2.05) is 19.1 Å². The Hall–Kier alpha value is -3.13. The van der Waals surface area contributed by atoms with E-state index in [0.717, 1.165) is 12.1 Å². The van der Waals surface area contributed by atoms with Crippen LogP contribution in [0, 0.1) is 11.7 Å². The van der Waals surface area contributed by atoms with Gasteiger partial charge in [-0.2, -0.15) is 0 Å². The van der Waals surface area contributed by atoms with E-state index in [1.54, 1.807) is 24.5 Å². The number of hydrogen-bond acceptors (Lipinski definition) is 6. The molecule has 33 heavy (non-hydrogen) atoms. The summed E-state index contributed by atoms with van der Waals surface area (Å²) >= 11 is 0. The molecule has 1 heterocycles. The summed E-state index contributed by atoms with van der Waals surface area (Å²) in [5.41, 5.74) is 2.48. The molecule has 1 atom stereocenters. The second-order valence-corrected chi connectivity index (χ2v) is 8.48. The van der Waals surface area contributed by atoms with Crippen molar-refractivity contribution in [3.8, 4) is 5.75 Å². The molecule has 1 unspecified atom stereocenters. The van der Waals surface area contributed by atoms with Crippen molar-refractivity contribution in [2.75, 3.05) is 35.8 Å². The van der Waals surface area contributed by atoms with Gasteiger partial charge < -0.3 is 25.4 Å². The maximum Gasteiger partial charge on any atom is 0.250 e. The molecular weight excluding hydrogens is 423 g/mol. The van der Waals surface area contributed by atoms with E-state index in [4.69, 9.17) is 9.47 Å². The van der Waals surface area contributed by atoms with Crippen LogP contribution in [0.3, 0.4) is 0 Å². The molecule has 1 aliphatic carbocycles. The lowest BCUT2D eigenvalue weighted by molar-refractivity contribution is -0.121. The van der Waals surface area contributed by atoms with Crippen molar-refractivity contribution in [3.05, 3.63) is 47.8 Å². The lowest BCUT2D eigenvalue weighted by Crippen LogP contribution is -2.20. The molecule has 3 N–H and O–H groups in total. The first-order valence-corrected chi connectivity index (χ1v) is 11.6. The monoisotopic (exact) mass is 454 g/mol. The third kappa shape index (κ3) is 6.22. The van der Waals surface area contributed by atoms with Gasteiger partial charge in [-0.1, -0.05) is 19.8 Å². The standard InChI is InChI=1S/C25H31FN4O3/c1-2-11-33-20-12-21(26)24-22(13-20)27-16-28-25(24)30-19-9-7-18(8-10-19)29-23(31)15-32-14-17-5-3-4-6-17/h7-10,12-13,16-17,25,30H,2-6,11,14-15H2,1H3,(H,27,28)(H,29,31). The van der Waals surface area contributed by atoms with Crippen molar-refractivity contribution >= 4 is 29.3 Å². The molecule has 0 spiro atoms. The summed E-state index contributed by atoms with van der Waals surface area (Å²) in [5.74, 6) is 0.517. The molecule has 4 rings (SSSR count). The van der Waals surface area contributed by atoms with Gasteiger partial charge in [0, 0.05) is 23.5 Å². The maximum absolute atomic E-state index is 14.8. The number of hydrogen-bond donors (Lipinski definition) is 3. The van der Waals surface area contributed by atoms with Crippen molar-refractivity contribution in [2.24, 2.45) is 10.9 Å². The van der Waals surface area contributed by atoms with Gasteiger partial charge >= 0.3 is 0 Å². The van der Waals surface area contributed by atoms with Crippen LogP contribution < -0.4 is 20.7 Å². The molecular formula is C25H31FN4O3. The van der Waals surface area contributed by atoms with Crippen molar-refractivity contribution in [1.82, 2.24) is 0 Å².